The molecule has 0 atom stereocenters. The number of pyridine rings is 1. The van der Waals surface area contributed by atoms with Gasteiger partial charge >= 0.3 is 0 Å². The van der Waals surface area contributed by atoms with Crippen LogP contribution in [0.1, 0.15) is 50.8 Å². The zero-order valence-corrected chi connectivity index (χ0v) is 10.9. The highest BCUT2D eigenvalue weighted by molar-refractivity contribution is 5.49. The zero-order chi connectivity index (χ0) is 13.2. The summed E-state index contributed by atoms with van der Waals surface area (Å²) in [6, 6.07) is 1.65. The number of hydrogen-bond acceptors (Lipinski definition) is 4. The molecular formula is C12H18N2O3. The summed E-state index contributed by atoms with van der Waals surface area (Å²) in [5.74, 6) is 0.482. The van der Waals surface area contributed by atoms with Crippen LogP contribution in [0, 0.1) is 10.1 Å². The van der Waals surface area contributed by atoms with Crippen LogP contribution in [0.3, 0.4) is 0 Å². The first kappa shape index (κ1) is 13.4. The predicted molar refractivity (Wildman–Crippen MR) is 65.6 cm³/mol. The molecule has 5 nitrogen and oxygen atoms in total. The van der Waals surface area contributed by atoms with Gasteiger partial charge in [0.2, 0.25) is 5.88 Å². The summed E-state index contributed by atoms with van der Waals surface area (Å²) in [6.07, 6.45) is 0. The Morgan fingerprint density at radius 3 is 2.24 bits per heavy atom. The van der Waals surface area contributed by atoms with E-state index in [4.69, 9.17) is 4.74 Å². The molecule has 1 heterocycles. The van der Waals surface area contributed by atoms with Gasteiger partial charge in [0.15, 0.2) is 0 Å². The SMILES string of the molecule is COc1cc(C(C)C)c([N+](=O)[O-])c(C(C)C)n1. The number of ether oxygens (including phenoxy) is 1. The van der Waals surface area contributed by atoms with Gasteiger partial charge in [-0.1, -0.05) is 27.7 Å². The maximum Gasteiger partial charge on any atom is 0.294 e. The Bertz CT molecular complexity index is 399. The molecule has 0 fully saturated rings. The van der Waals surface area contributed by atoms with Crippen molar-refractivity contribution in [1.29, 1.82) is 0 Å². The van der Waals surface area contributed by atoms with E-state index in [0.717, 1.165) is 0 Å². The molecule has 0 radical (unpaired) electrons. The highest BCUT2D eigenvalue weighted by Gasteiger charge is 2.26. The third kappa shape index (κ3) is 2.72. The van der Waals surface area contributed by atoms with E-state index in [9.17, 15) is 10.1 Å². The first-order valence-electron chi connectivity index (χ1n) is 5.61. The molecule has 0 aromatic carbocycles. The monoisotopic (exact) mass is 238 g/mol. The Labute approximate surface area is 101 Å². The molecule has 0 amide bonds. The zero-order valence-electron chi connectivity index (χ0n) is 10.9. The average molecular weight is 238 g/mol. The molecule has 1 aromatic rings. The molecule has 1 rings (SSSR count). The number of hydrogen-bond donors (Lipinski definition) is 0. The topological polar surface area (TPSA) is 65.3 Å². The van der Waals surface area contributed by atoms with Gasteiger partial charge in [-0.2, -0.15) is 0 Å². The summed E-state index contributed by atoms with van der Waals surface area (Å²) < 4.78 is 5.10. The summed E-state index contributed by atoms with van der Waals surface area (Å²) in [7, 11) is 1.52. The Kier molecular flexibility index (Phi) is 4.04. The Balaban J connectivity index is 3.55. The van der Waals surface area contributed by atoms with Gasteiger partial charge in [-0.3, -0.25) is 10.1 Å². The van der Waals surface area contributed by atoms with Crippen LogP contribution in [-0.4, -0.2) is 17.0 Å². The standard InChI is InChI=1S/C12H18N2O3/c1-7(2)9-6-10(17-5)13-11(8(3)4)12(9)14(15)16/h6-8H,1-5H3. The lowest BCUT2D eigenvalue weighted by molar-refractivity contribution is -0.386. The predicted octanol–water partition coefficient (Wildman–Crippen LogP) is 3.25. The quantitative estimate of drug-likeness (QED) is 0.596. The first-order chi connectivity index (χ1) is 7.88. The van der Waals surface area contributed by atoms with Crippen LogP contribution in [0.5, 0.6) is 5.88 Å². The normalized spacial score (nSPS) is 11.0. The van der Waals surface area contributed by atoms with Gasteiger partial charge in [0.1, 0.15) is 5.69 Å². The van der Waals surface area contributed by atoms with Gasteiger partial charge in [0.25, 0.3) is 5.69 Å². The lowest BCUT2D eigenvalue weighted by Crippen LogP contribution is -2.07. The third-order valence-electron chi connectivity index (χ3n) is 2.59. The van der Waals surface area contributed by atoms with Crippen molar-refractivity contribution in [3.05, 3.63) is 27.4 Å². The molecule has 0 aliphatic carbocycles. The van der Waals surface area contributed by atoms with Crippen LogP contribution in [0.2, 0.25) is 0 Å². The average Bonchev–Trinajstić information content (AvgIpc) is 2.26. The molecule has 0 saturated heterocycles. The van der Waals surface area contributed by atoms with Crippen molar-refractivity contribution in [1.82, 2.24) is 4.98 Å². The molecular weight excluding hydrogens is 220 g/mol. The molecule has 0 spiro atoms. The number of rotatable bonds is 4. The molecule has 0 unspecified atom stereocenters. The number of methoxy groups -OCH3 is 1. The fourth-order valence-electron chi connectivity index (χ4n) is 1.70. The lowest BCUT2D eigenvalue weighted by atomic mass is 9.97. The third-order valence-corrected chi connectivity index (χ3v) is 2.59. The van der Waals surface area contributed by atoms with E-state index >= 15 is 0 Å². The fraction of sp³-hybridized carbons (Fsp3) is 0.583. The number of aromatic nitrogens is 1. The van der Waals surface area contributed by atoms with Crippen LogP contribution in [-0.2, 0) is 0 Å². The van der Waals surface area contributed by atoms with E-state index in [1.54, 1.807) is 6.07 Å². The van der Waals surface area contributed by atoms with Gasteiger partial charge < -0.3 is 4.74 Å². The van der Waals surface area contributed by atoms with Gasteiger partial charge in [-0.05, 0) is 5.92 Å². The molecule has 17 heavy (non-hydrogen) atoms. The minimum absolute atomic E-state index is 0.0111. The minimum atomic E-state index is -0.350. The number of nitrogens with zero attached hydrogens (tertiary/aromatic N) is 2. The van der Waals surface area contributed by atoms with E-state index in [0.29, 0.717) is 17.1 Å². The van der Waals surface area contributed by atoms with Crippen molar-refractivity contribution >= 4 is 5.69 Å². The molecule has 0 aliphatic rings. The van der Waals surface area contributed by atoms with Gasteiger partial charge in [-0.15, -0.1) is 0 Å². The van der Waals surface area contributed by atoms with Crippen LogP contribution in [0.25, 0.3) is 0 Å². The van der Waals surface area contributed by atoms with Crippen molar-refractivity contribution in [3.8, 4) is 5.88 Å². The lowest BCUT2D eigenvalue weighted by Gasteiger charge is -2.13. The molecule has 94 valence electrons. The van der Waals surface area contributed by atoms with Gasteiger partial charge in [0, 0.05) is 17.5 Å². The molecule has 0 N–H and O–H groups in total. The maximum absolute atomic E-state index is 11.2. The van der Waals surface area contributed by atoms with Crippen LogP contribution in [0.4, 0.5) is 5.69 Å². The van der Waals surface area contributed by atoms with Crippen molar-refractivity contribution in [2.24, 2.45) is 0 Å². The fourth-order valence-corrected chi connectivity index (χ4v) is 1.70. The maximum atomic E-state index is 11.2. The van der Waals surface area contributed by atoms with Crippen molar-refractivity contribution < 1.29 is 9.66 Å². The van der Waals surface area contributed by atoms with Crippen LogP contribution < -0.4 is 4.74 Å². The Morgan fingerprint density at radius 1 is 1.29 bits per heavy atom. The summed E-state index contributed by atoms with van der Waals surface area (Å²) >= 11 is 0. The molecule has 0 bridgehead atoms. The molecule has 0 saturated carbocycles. The van der Waals surface area contributed by atoms with Crippen LogP contribution in [0.15, 0.2) is 6.07 Å². The second kappa shape index (κ2) is 5.12. The Hall–Kier alpha value is -1.65. The van der Waals surface area contributed by atoms with Crippen molar-refractivity contribution in [3.63, 3.8) is 0 Å². The second-order valence-electron chi connectivity index (χ2n) is 4.55. The van der Waals surface area contributed by atoms with Crippen LogP contribution >= 0.6 is 0 Å². The minimum Gasteiger partial charge on any atom is -0.481 e. The smallest absolute Gasteiger partial charge is 0.294 e. The van der Waals surface area contributed by atoms with E-state index in [-0.39, 0.29) is 22.4 Å². The highest BCUT2D eigenvalue weighted by atomic mass is 16.6. The summed E-state index contributed by atoms with van der Waals surface area (Å²) in [4.78, 5) is 15.0. The van der Waals surface area contributed by atoms with Crippen molar-refractivity contribution in [2.45, 2.75) is 39.5 Å². The van der Waals surface area contributed by atoms with E-state index in [2.05, 4.69) is 4.98 Å². The van der Waals surface area contributed by atoms with Gasteiger partial charge in [-0.25, -0.2) is 4.98 Å². The largest absolute Gasteiger partial charge is 0.481 e. The van der Waals surface area contributed by atoms with E-state index in [1.807, 2.05) is 27.7 Å². The summed E-state index contributed by atoms with van der Waals surface area (Å²) in [6.45, 7) is 7.62. The number of nitro groups is 1. The highest BCUT2D eigenvalue weighted by Crippen LogP contribution is 2.35. The first-order valence-corrected chi connectivity index (χ1v) is 5.61. The van der Waals surface area contributed by atoms with E-state index < -0.39 is 0 Å². The summed E-state index contributed by atoms with van der Waals surface area (Å²) in [5.41, 5.74) is 1.28. The molecule has 1 aromatic heterocycles. The molecule has 5 heteroatoms. The van der Waals surface area contributed by atoms with Gasteiger partial charge in [0.05, 0.1) is 12.0 Å². The Morgan fingerprint density at radius 2 is 1.88 bits per heavy atom. The van der Waals surface area contributed by atoms with Crippen molar-refractivity contribution in [2.75, 3.05) is 7.11 Å². The molecule has 0 aliphatic heterocycles. The van der Waals surface area contributed by atoms with E-state index in [1.165, 1.54) is 7.11 Å². The second-order valence-corrected chi connectivity index (χ2v) is 4.55. The summed E-state index contributed by atoms with van der Waals surface area (Å²) in [5, 5.41) is 11.2.